The average molecular weight is 364 g/mol. The van der Waals surface area contributed by atoms with E-state index in [1.165, 1.54) is 24.8 Å². The third kappa shape index (κ3) is 5.64. The zero-order valence-electron chi connectivity index (χ0n) is 16.2. The fraction of sp³-hybridized carbons (Fsp3) is 0.409. The maximum Gasteiger partial charge on any atom is 0.270 e. The van der Waals surface area contributed by atoms with E-state index >= 15 is 0 Å². The van der Waals surface area contributed by atoms with Crippen LogP contribution in [0.25, 0.3) is 11.4 Å². The van der Waals surface area contributed by atoms with Crippen LogP contribution in [0.4, 0.5) is 5.82 Å². The van der Waals surface area contributed by atoms with Gasteiger partial charge in [0, 0.05) is 24.2 Å². The second-order valence-corrected chi connectivity index (χ2v) is 7.24. The number of nitrogens with zero attached hydrogens (tertiary/aromatic N) is 2. The average Bonchev–Trinajstić information content (AvgIpc) is 2.68. The van der Waals surface area contributed by atoms with E-state index in [0.717, 1.165) is 18.4 Å². The Morgan fingerprint density at radius 1 is 1.15 bits per heavy atom. The van der Waals surface area contributed by atoms with Crippen molar-refractivity contribution >= 4 is 11.7 Å². The number of anilines is 1. The molecular formula is C22H28N4O. The van der Waals surface area contributed by atoms with Crippen molar-refractivity contribution in [2.45, 2.75) is 52.0 Å². The topological polar surface area (TPSA) is 66.9 Å². The van der Waals surface area contributed by atoms with E-state index in [9.17, 15) is 4.79 Å². The van der Waals surface area contributed by atoms with Gasteiger partial charge >= 0.3 is 0 Å². The van der Waals surface area contributed by atoms with Gasteiger partial charge in [0.05, 0.1) is 0 Å². The summed E-state index contributed by atoms with van der Waals surface area (Å²) in [5.41, 5.74) is 2.74. The Kier molecular flexibility index (Phi) is 6.58. The Morgan fingerprint density at radius 2 is 1.96 bits per heavy atom. The number of nitrogens with one attached hydrogen (secondary N) is 2. The van der Waals surface area contributed by atoms with Gasteiger partial charge in [-0.1, -0.05) is 42.0 Å². The molecule has 0 atom stereocenters. The van der Waals surface area contributed by atoms with E-state index in [1.54, 1.807) is 6.07 Å². The molecule has 27 heavy (non-hydrogen) atoms. The molecule has 2 aromatic rings. The molecule has 1 aliphatic carbocycles. The largest absolute Gasteiger partial charge is 0.368 e. The molecule has 5 heteroatoms. The lowest BCUT2D eigenvalue weighted by molar-refractivity contribution is 0.0949. The molecule has 0 saturated carbocycles. The highest BCUT2D eigenvalue weighted by Gasteiger charge is 2.14. The normalized spacial score (nSPS) is 14.0. The van der Waals surface area contributed by atoms with Gasteiger partial charge in [-0.05, 0) is 46.0 Å². The Morgan fingerprint density at radius 3 is 2.67 bits per heavy atom. The van der Waals surface area contributed by atoms with Gasteiger partial charge in [-0.25, -0.2) is 9.97 Å². The van der Waals surface area contributed by atoms with Gasteiger partial charge in [0.25, 0.3) is 5.91 Å². The fourth-order valence-electron chi connectivity index (χ4n) is 3.21. The Hall–Kier alpha value is -2.69. The number of rotatable bonds is 7. The zero-order valence-corrected chi connectivity index (χ0v) is 16.2. The van der Waals surface area contributed by atoms with Crippen LogP contribution >= 0.6 is 0 Å². The van der Waals surface area contributed by atoms with Gasteiger partial charge in [0.2, 0.25) is 0 Å². The summed E-state index contributed by atoms with van der Waals surface area (Å²) in [5, 5.41) is 6.29. The van der Waals surface area contributed by atoms with E-state index in [0.29, 0.717) is 23.9 Å². The number of hydrogen-bond acceptors (Lipinski definition) is 4. The van der Waals surface area contributed by atoms with Crippen LogP contribution in [0.3, 0.4) is 0 Å². The molecule has 0 unspecified atom stereocenters. The lowest BCUT2D eigenvalue weighted by Crippen LogP contribution is -2.26. The lowest BCUT2D eigenvalue weighted by atomic mass is 9.97. The summed E-state index contributed by atoms with van der Waals surface area (Å²) in [7, 11) is 0. The molecule has 5 nitrogen and oxygen atoms in total. The van der Waals surface area contributed by atoms with Crippen LogP contribution in [0.2, 0.25) is 0 Å². The first-order valence-corrected chi connectivity index (χ1v) is 9.79. The van der Waals surface area contributed by atoms with Crippen LogP contribution in [0.15, 0.2) is 48.0 Å². The SMILES string of the molecule is CC(C)Nc1cc(C(=O)NCCC2=CCCCC2)nc(-c2ccccc2)n1. The summed E-state index contributed by atoms with van der Waals surface area (Å²) < 4.78 is 0. The number of carbonyl (C=O) groups excluding carboxylic acids is 1. The van der Waals surface area contributed by atoms with Crippen molar-refractivity contribution in [3.05, 3.63) is 53.7 Å². The molecule has 1 amide bonds. The number of allylic oxidation sites excluding steroid dienone is 1. The quantitative estimate of drug-likeness (QED) is 0.706. The Labute approximate surface area is 161 Å². The van der Waals surface area contributed by atoms with Crippen molar-refractivity contribution in [1.82, 2.24) is 15.3 Å². The molecule has 1 aromatic carbocycles. The molecule has 0 saturated heterocycles. The predicted octanol–water partition coefficient (Wildman–Crippen LogP) is 4.58. The molecule has 0 aliphatic heterocycles. The summed E-state index contributed by atoms with van der Waals surface area (Å²) in [6.07, 6.45) is 8.10. The van der Waals surface area contributed by atoms with Crippen LogP contribution in [0.1, 0.15) is 56.4 Å². The van der Waals surface area contributed by atoms with Crippen molar-refractivity contribution in [3.8, 4) is 11.4 Å². The first kappa shape index (κ1) is 19.1. The zero-order chi connectivity index (χ0) is 19.1. The number of amides is 1. The Bertz CT molecular complexity index is 799. The molecule has 1 heterocycles. The maximum absolute atomic E-state index is 12.7. The van der Waals surface area contributed by atoms with Crippen molar-refractivity contribution in [2.24, 2.45) is 0 Å². The third-order valence-corrected chi connectivity index (χ3v) is 4.54. The fourth-order valence-corrected chi connectivity index (χ4v) is 3.21. The summed E-state index contributed by atoms with van der Waals surface area (Å²) in [4.78, 5) is 21.7. The van der Waals surface area contributed by atoms with Gasteiger partial charge in [-0.15, -0.1) is 0 Å². The van der Waals surface area contributed by atoms with E-state index in [1.807, 2.05) is 44.2 Å². The number of aromatic nitrogens is 2. The molecule has 2 N–H and O–H groups in total. The predicted molar refractivity (Wildman–Crippen MR) is 110 cm³/mol. The molecule has 0 spiro atoms. The second-order valence-electron chi connectivity index (χ2n) is 7.24. The maximum atomic E-state index is 12.7. The van der Waals surface area contributed by atoms with E-state index in [2.05, 4.69) is 26.7 Å². The van der Waals surface area contributed by atoms with E-state index in [-0.39, 0.29) is 11.9 Å². The minimum atomic E-state index is -0.155. The smallest absolute Gasteiger partial charge is 0.270 e. The molecule has 3 rings (SSSR count). The number of benzene rings is 1. The second kappa shape index (κ2) is 9.31. The third-order valence-electron chi connectivity index (χ3n) is 4.54. The van der Waals surface area contributed by atoms with Crippen molar-refractivity contribution in [2.75, 3.05) is 11.9 Å². The van der Waals surface area contributed by atoms with Crippen LogP contribution in [0, 0.1) is 0 Å². The number of carbonyl (C=O) groups is 1. The van der Waals surface area contributed by atoms with Gasteiger partial charge in [-0.2, -0.15) is 0 Å². The summed E-state index contributed by atoms with van der Waals surface area (Å²) in [6.45, 7) is 4.73. The van der Waals surface area contributed by atoms with Crippen molar-refractivity contribution in [3.63, 3.8) is 0 Å². The first-order chi connectivity index (χ1) is 13.1. The number of hydrogen-bond donors (Lipinski definition) is 2. The molecule has 1 aromatic heterocycles. The Balaban J connectivity index is 1.74. The molecule has 0 bridgehead atoms. The minimum absolute atomic E-state index is 0.155. The van der Waals surface area contributed by atoms with Crippen LogP contribution in [0.5, 0.6) is 0 Å². The highest BCUT2D eigenvalue weighted by atomic mass is 16.1. The van der Waals surface area contributed by atoms with E-state index < -0.39 is 0 Å². The summed E-state index contributed by atoms with van der Waals surface area (Å²) in [6, 6.07) is 11.7. The molecule has 1 aliphatic rings. The van der Waals surface area contributed by atoms with Gasteiger partial charge in [0.1, 0.15) is 11.5 Å². The van der Waals surface area contributed by atoms with Crippen LogP contribution < -0.4 is 10.6 Å². The highest BCUT2D eigenvalue weighted by Crippen LogP contribution is 2.20. The van der Waals surface area contributed by atoms with Crippen molar-refractivity contribution < 1.29 is 4.79 Å². The lowest BCUT2D eigenvalue weighted by Gasteiger charge is -2.14. The molecule has 0 fully saturated rings. The molecule has 0 radical (unpaired) electrons. The van der Waals surface area contributed by atoms with Gasteiger partial charge in [-0.3, -0.25) is 4.79 Å². The summed E-state index contributed by atoms with van der Waals surface area (Å²) in [5.74, 6) is 1.07. The van der Waals surface area contributed by atoms with Crippen LogP contribution in [-0.2, 0) is 0 Å². The minimum Gasteiger partial charge on any atom is -0.368 e. The standard InChI is InChI=1S/C22H28N4O/c1-16(2)24-20-15-19(25-21(26-20)18-11-7-4-8-12-18)22(27)23-14-13-17-9-5-3-6-10-17/h4,7-9,11-12,15-16H,3,5-6,10,13-14H2,1-2H3,(H,23,27)(H,24,25,26). The molecule has 142 valence electrons. The van der Waals surface area contributed by atoms with Crippen molar-refractivity contribution in [1.29, 1.82) is 0 Å². The summed E-state index contributed by atoms with van der Waals surface area (Å²) >= 11 is 0. The van der Waals surface area contributed by atoms with Gasteiger partial charge in [0.15, 0.2) is 5.82 Å². The van der Waals surface area contributed by atoms with Gasteiger partial charge < -0.3 is 10.6 Å². The molecular weight excluding hydrogens is 336 g/mol. The van der Waals surface area contributed by atoms with Crippen LogP contribution in [-0.4, -0.2) is 28.5 Å². The van der Waals surface area contributed by atoms with E-state index in [4.69, 9.17) is 0 Å². The first-order valence-electron chi connectivity index (χ1n) is 9.79. The monoisotopic (exact) mass is 364 g/mol. The highest BCUT2D eigenvalue weighted by molar-refractivity contribution is 5.93.